The van der Waals surface area contributed by atoms with Gasteiger partial charge in [0.05, 0.1) is 31.2 Å². The van der Waals surface area contributed by atoms with Crippen LogP contribution < -0.4 is 10.1 Å². The Morgan fingerprint density at radius 1 is 1.10 bits per heavy atom. The Bertz CT molecular complexity index is 1090. The lowest BCUT2D eigenvalue weighted by Gasteiger charge is -2.20. The zero-order chi connectivity index (χ0) is 20.8. The first-order valence-electron chi connectivity index (χ1n) is 10.3. The number of aromatic nitrogens is 2. The maximum Gasteiger partial charge on any atom is 0.139 e. The van der Waals surface area contributed by atoms with Crippen molar-refractivity contribution < 1.29 is 9.84 Å². The van der Waals surface area contributed by atoms with Crippen LogP contribution in [0.15, 0.2) is 73.2 Å². The number of ether oxygens (including phenoxy) is 1. The van der Waals surface area contributed by atoms with Crippen molar-refractivity contribution in [3.8, 4) is 5.75 Å². The molecule has 4 rings (SSSR count). The molecule has 0 aliphatic heterocycles. The van der Waals surface area contributed by atoms with Crippen molar-refractivity contribution in [2.75, 3.05) is 19.0 Å². The van der Waals surface area contributed by atoms with Crippen LogP contribution in [0.5, 0.6) is 5.75 Å². The number of aromatic amines is 1. The largest absolute Gasteiger partial charge is 0.495 e. The Morgan fingerprint density at radius 2 is 1.97 bits per heavy atom. The molecule has 0 amide bonds. The lowest BCUT2D eigenvalue weighted by molar-refractivity contribution is 0.288. The van der Waals surface area contributed by atoms with Gasteiger partial charge in [0.15, 0.2) is 0 Å². The van der Waals surface area contributed by atoms with Gasteiger partial charge in [-0.2, -0.15) is 0 Å². The normalized spacial score (nSPS) is 12.1. The zero-order valence-electron chi connectivity index (χ0n) is 17.1. The molecule has 0 spiro atoms. The molecule has 1 unspecified atom stereocenters. The SMILES string of the molecule is COc1cncc(NC(Cc2c[nH]c3ccc(CCCO)cc23)c2ccccc2)c1. The van der Waals surface area contributed by atoms with Crippen LogP contribution >= 0.6 is 0 Å². The summed E-state index contributed by atoms with van der Waals surface area (Å²) in [6, 6.07) is 19.0. The molecule has 0 radical (unpaired) electrons. The summed E-state index contributed by atoms with van der Waals surface area (Å²) in [5, 5.41) is 14.0. The Labute approximate surface area is 176 Å². The van der Waals surface area contributed by atoms with Gasteiger partial charge in [-0.15, -0.1) is 0 Å². The first-order valence-corrected chi connectivity index (χ1v) is 10.3. The second kappa shape index (κ2) is 9.46. The van der Waals surface area contributed by atoms with E-state index >= 15 is 0 Å². The number of rotatable bonds is 9. The third kappa shape index (κ3) is 4.63. The van der Waals surface area contributed by atoms with Crippen molar-refractivity contribution in [3.05, 3.63) is 89.9 Å². The van der Waals surface area contributed by atoms with Crippen LogP contribution in [0.3, 0.4) is 0 Å². The number of aryl methyl sites for hydroxylation is 1. The summed E-state index contributed by atoms with van der Waals surface area (Å²) in [4.78, 5) is 7.68. The van der Waals surface area contributed by atoms with Crippen molar-refractivity contribution in [2.45, 2.75) is 25.3 Å². The molecule has 0 bridgehead atoms. The lowest BCUT2D eigenvalue weighted by Crippen LogP contribution is -2.14. The number of hydrogen-bond donors (Lipinski definition) is 3. The van der Waals surface area contributed by atoms with E-state index < -0.39 is 0 Å². The van der Waals surface area contributed by atoms with Gasteiger partial charge in [-0.1, -0.05) is 36.4 Å². The van der Waals surface area contributed by atoms with Gasteiger partial charge in [0, 0.05) is 29.8 Å². The van der Waals surface area contributed by atoms with Gasteiger partial charge in [0.1, 0.15) is 5.75 Å². The van der Waals surface area contributed by atoms with Gasteiger partial charge in [-0.05, 0) is 48.1 Å². The number of fused-ring (bicyclic) bond motifs is 1. The molecule has 2 heterocycles. The number of pyridine rings is 1. The van der Waals surface area contributed by atoms with Gasteiger partial charge in [0.25, 0.3) is 0 Å². The van der Waals surface area contributed by atoms with E-state index in [2.05, 4.69) is 63.9 Å². The fourth-order valence-electron chi connectivity index (χ4n) is 3.80. The highest BCUT2D eigenvalue weighted by Gasteiger charge is 2.16. The van der Waals surface area contributed by atoms with Crippen LogP contribution in [0.2, 0.25) is 0 Å². The number of methoxy groups -OCH3 is 1. The van der Waals surface area contributed by atoms with E-state index in [0.29, 0.717) is 0 Å². The van der Waals surface area contributed by atoms with Crippen LogP contribution in [0.25, 0.3) is 10.9 Å². The van der Waals surface area contributed by atoms with E-state index in [0.717, 1.165) is 36.2 Å². The van der Waals surface area contributed by atoms with Crippen molar-refractivity contribution in [1.82, 2.24) is 9.97 Å². The van der Waals surface area contributed by atoms with E-state index in [1.54, 1.807) is 13.3 Å². The molecule has 154 valence electrons. The number of benzene rings is 2. The average molecular weight is 402 g/mol. The van der Waals surface area contributed by atoms with Crippen LogP contribution in [0.4, 0.5) is 5.69 Å². The fourth-order valence-corrected chi connectivity index (χ4v) is 3.80. The molecule has 0 fully saturated rings. The molecular formula is C25H27N3O2. The molecule has 0 saturated carbocycles. The lowest BCUT2D eigenvalue weighted by atomic mass is 9.97. The maximum absolute atomic E-state index is 9.15. The summed E-state index contributed by atoms with van der Waals surface area (Å²) in [6.07, 6.45) is 8.11. The summed E-state index contributed by atoms with van der Waals surface area (Å²) in [7, 11) is 1.65. The Hall–Kier alpha value is -3.31. The van der Waals surface area contributed by atoms with Crippen LogP contribution in [0, 0.1) is 0 Å². The van der Waals surface area contributed by atoms with Gasteiger partial charge in [0.2, 0.25) is 0 Å². The molecule has 30 heavy (non-hydrogen) atoms. The van der Waals surface area contributed by atoms with Crippen LogP contribution in [-0.2, 0) is 12.8 Å². The third-order valence-corrected chi connectivity index (χ3v) is 5.37. The Morgan fingerprint density at radius 3 is 2.77 bits per heavy atom. The van der Waals surface area contributed by atoms with E-state index in [1.165, 1.54) is 22.1 Å². The molecule has 5 nitrogen and oxygen atoms in total. The maximum atomic E-state index is 9.15. The summed E-state index contributed by atoms with van der Waals surface area (Å²) < 4.78 is 5.33. The van der Waals surface area contributed by atoms with Crippen molar-refractivity contribution in [2.24, 2.45) is 0 Å². The minimum atomic E-state index is 0.0835. The van der Waals surface area contributed by atoms with Gasteiger partial charge in [-0.3, -0.25) is 4.98 Å². The van der Waals surface area contributed by atoms with Crippen LogP contribution in [0.1, 0.15) is 29.2 Å². The number of hydrogen-bond acceptors (Lipinski definition) is 4. The zero-order valence-corrected chi connectivity index (χ0v) is 17.1. The molecule has 5 heteroatoms. The van der Waals surface area contributed by atoms with Crippen molar-refractivity contribution in [3.63, 3.8) is 0 Å². The second-order valence-electron chi connectivity index (χ2n) is 7.45. The molecule has 0 saturated heterocycles. The van der Waals surface area contributed by atoms with E-state index in [1.807, 2.05) is 18.3 Å². The Kier molecular flexibility index (Phi) is 6.30. The standard InChI is InChI=1S/C25H27N3O2/c1-30-22-14-21(16-26-17-22)28-25(19-7-3-2-4-8-19)13-20-15-27-24-10-9-18(6-5-11-29)12-23(20)24/h2-4,7-10,12,14-17,25,27-29H,5-6,11,13H2,1H3. The van der Waals surface area contributed by atoms with E-state index in [4.69, 9.17) is 9.84 Å². The smallest absolute Gasteiger partial charge is 0.139 e. The molecule has 2 aromatic heterocycles. The highest BCUT2D eigenvalue weighted by Crippen LogP contribution is 2.29. The van der Waals surface area contributed by atoms with E-state index in [-0.39, 0.29) is 12.6 Å². The number of aliphatic hydroxyl groups is 1. The fraction of sp³-hybridized carbons (Fsp3) is 0.240. The number of aliphatic hydroxyl groups excluding tert-OH is 1. The highest BCUT2D eigenvalue weighted by molar-refractivity contribution is 5.84. The van der Waals surface area contributed by atoms with Crippen molar-refractivity contribution >= 4 is 16.6 Å². The average Bonchev–Trinajstić information content (AvgIpc) is 3.20. The molecular weight excluding hydrogens is 374 g/mol. The number of nitrogens with zero attached hydrogens (tertiary/aromatic N) is 1. The predicted octanol–water partition coefficient (Wildman–Crippen LogP) is 4.89. The quantitative estimate of drug-likeness (QED) is 0.373. The minimum Gasteiger partial charge on any atom is -0.495 e. The first-order chi connectivity index (χ1) is 14.8. The van der Waals surface area contributed by atoms with Crippen LogP contribution in [-0.4, -0.2) is 28.8 Å². The van der Waals surface area contributed by atoms with Gasteiger partial charge < -0.3 is 20.1 Å². The summed E-state index contributed by atoms with van der Waals surface area (Å²) in [6.45, 7) is 0.215. The molecule has 4 aromatic rings. The third-order valence-electron chi connectivity index (χ3n) is 5.37. The molecule has 3 N–H and O–H groups in total. The second-order valence-corrected chi connectivity index (χ2v) is 7.45. The molecule has 1 atom stereocenters. The molecule has 0 aliphatic carbocycles. The molecule has 2 aromatic carbocycles. The molecule has 0 aliphatic rings. The van der Waals surface area contributed by atoms with Gasteiger partial charge in [-0.25, -0.2) is 0 Å². The summed E-state index contributed by atoms with van der Waals surface area (Å²) >= 11 is 0. The van der Waals surface area contributed by atoms with Gasteiger partial charge >= 0.3 is 0 Å². The topological polar surface area (TPSA) is 70.2 Å². The summed E-state index contributed by atoms with van der Waals surface area (Å²) in [5.41, 5.74) is 5.78. The monoisotopic (exact) mass is 401 g/mol. The Balaban J connectivity index is 1.64. The number of nitrogens with one attached hydrogen (secondary N) is 2. The number of H-pyrrole nitrogens is 1. The van der Waals surface area contributed by atoms with E-state index in [9.17, 15) is 0 Å². The predicted molar refractivity (Wildman–Crippen MR) is 121 cm³/mol. The highest BCUT2D eigenvalue weighted by atomic mass is 16.5. The van der Waals surface area contributed by atoms with Crippen molar-refractivity contribution in [1.29, 1.82) is 0 Å². The first kappa shape index (κ1) is 20.0. The summed E-state index contributed by atoms with van der Waals surface area (Å²) in [5.74, 6) is 0.729. The number of anilines is 1. The minimum absolute atomic E-state index is 0.0835.